The van der Waals surface area contributed by atoms with E-state index in [0.717, 1.165) is 0 Å². The van der Waals surface area contributed by atoms with E-state index in [1.54, 1.807) is 0 Å². The van der Waals surface area contributed by atoms with Crippen LogP contribution in [0.1, 0.15) is 0 Å². The second-order valence-corrected chi connectivity index (χ2v) is 3.06. The number of methoxy groups -OCH3 is 1. The van der Waals surface area contributed by atoms with Crippen LogP contribution in [0.5, 0.6) is 5.75 Å². The SMILES string of the molecule is COc1ccc(F)cc1NCC(O)CO. The summed E-state index contributed by atoms with van der Waals surface area (Å²) in [7, 11) is 1.47. The van der Waals surface area contributed by atoms with Gasteiger partial charge in [0.1, 0.15) is 11.6 Å². The molecule has 0 aromatic heterocycles. The number of anilines is 1. The fourth-order valence-electron chi connectivity index (χ4n) is 1.11. The van der Waals surface area contributed by atoms with Gasteiger partial charge >= 0.3 is 0 Å². The molecule has 5 heteroatoms. The van der Waals surface area contributed by atoms with Crippen LogP contribution in [0.2, 0.25) is 0 Å². The molecule has 0 saturated carbocycles. The number of ether oxygens (including phenoxy) is 1. The maximum absolute atomic E-state index is 12.9. The predicted octanol–water partition coefficient (Wildman–Crippen LogP) is 0.599. The van der Waals surface area contributed by atoms with Crippen LogP contribution in [0.25, 0.3) is 0 Å². The van der Waals surface area contributed by atoms with Crippen LogP contribution in [-0.2, 0) is 0 Å². The zero-order valence-electron chi connectivity index (χ0n) is 8.40. The zero-order chi connectivity index (χ0) is 11.3. The Morgan fingerprint density at radius 1 is 1.53 bits per heavy atom. The van der Waals surface area contributed by atoms with Crippen molar-refractivity contribution in [3.8, 4) is 5.75 Å². The molecule has 3 N–H and O–H groups in total. The summed E-state index contributed by atoms with van der Waals surface area (Å²) >= 11 is 0. The van der Waals surface area contributed by atoms with Crippen molar-refractivity contribution in [1.82, 2.24) is 0 Å². The lowest BCUT2D eigenvalue weighted by atomic mass is 10.2. The summed E-state index contributed by atoms with van der Waals surface area (Å²) in [4.78, 5) is 0. The highest BCUT2D eigenvalue weighted by Gasteiger charge is 2.06. The Labute approximate surface area is 87.3 Å². The Morgan fingerprint density at radius 3 is 2.87 bits per heavy atom. The van der Waals surface area contributed by atoms with Crippen LogP contribution in [0.3, 0.4) is 0 Å². The number of halogens is 1. The van der Waals surface area contributed by atoms with Gasteiger partial charge in [0.25, 0.3) is 0 Å². The minimum absolute atomic E-state index is 0.135. The normalized spacial score (nSPS) is 12.3. The van der Waals surface area contributed by atoms with Gasteiger partial charge in [0.05, 0.1) is 25.5 Å². The molecule has 0 amide bonds. The van der Waals surface area contributed by atoms with Crippen molar-refractivity contribution in [2.24, 2.45) is 0 Å². The number of benzene rings is 1. The number of aliphatic hydroxyl groups excluding tert-OH is 2. The molecule has 1 rings (SSSR count). The van der Waals surface area contributed by atoms with Gasteiger partial charge in [-0.2, -0.15) is 0 Å². The minimum atomic E-state index is -0.877. The van der Waals surface area contributed by atoms with E-state index in [-0.39, 0.29) is 13.2 Å². The number of rotatable bonds is 5. The van der Waals surface area contributed by atoms with E-state index in [0.29, 0.717) is 11.4 Å². The topological polar surface area (TPSA) is 61.7 Å². The maximum Gasteiger partial charge on any atom is 0.142 e. The average Bonchev–Trinajstić information content (AvgIpc) is 2.26. The van der Waals surface area contributed by atoms with Crippen LogP contribution in [0, 0.1) is 5.82 Å². The lowest BCUT2D eigenvalue weighted by molar-refractivity contribution is 0.105. The molecule has 0 aliphatic heterocycles. The largest absolute Gasteiger partial charge is 0.495 e. The van der Waals surface area contributed by atoms with Gasteiger partial charge < -0.3 is 20.3 Å². The monoisotopic (exact) mass is 215 g/mol. The Morgan fingerprint density at radius 2 is 2.27 bits per heavy atom. The fraction of sp³-hybridized carbons (Fsp3) is 0.400. The van der Waals surface area contributed by atoms with Gasteiger partial charge in [0.2, 0.25) is 0 Å². The van der Waals surface area contributed by atoms with Gasteiger partial charge in [-0.1, -0.05) is 0 Å². The minimum Gasteiger partial charge on any atom is -0.495 e. The summed E-state index contributed by atoms with van der Waals surface area (Å²) in [6.07, 6.45) is -0.877. The van der Waals surface area contributed by atoms with Crippen molar-refractivity contribution in [2.75, 3.05) is 25.6 Å². The van der Waals surface area contributed by atoms with Crippen molar-refractivity contribution in [3.05, 3.63) is 24.0 Å². The third-order valence-corrected chi connectivity index (χ3v) is 1.90. The molecule has 84 valence electrons. The molecule has 1 aromatic carbocycles. The van der Waals surface area contributed by atoms with Crippen molar-refractivity contribution in [2.45, 2.75) is 6.10 Å². The number of aliphatic hydroxyl groups is 2. The smallest absolute Gasteiger partial charge is 0.142 e. The van der Waals surface area contributed by atoms with Crippen LogP contribution in [0.4, 0.5) is 10.1 Å². The first-order valence-electron chi connectivity index (χ1n) is 4.53. The van der Waals surface area contributed by atoms with Gasteiger partial charge in [0.15, 0.2) is 0 Å². The first kappa shape index (κ1) is 11.7. The first-order valence-corrected chi connectivity index (χ1v) is 4.53. The molecule has 4 nitrogen and oxygen atoms in total. The highest BCUT2D eigenvalue weighted by molar-refractivity contribution is 5.56. The summed E-state index contributed by atoms with van der Waals surface area (Å²) in [5.41, 5.74) is 0.449. The number of nitrogens with one attached hydrogen (secondary N) is 1. The molecular formula is C10H14FNO3. The van der Waals surface area contributed by atoms with Crippen LogP contribution >= 0.6 is 0 Å². The summed E-state index contributed by atoms with van der Waals surface area (Å²) in [5.74, 6) is 0.0957. The lowest BCUT2D eigenvalue weighted by Crippen LogP contribution is -2.23. The van der Waals surface area contributed by atoms with E-state index < -0.39 is 11.9 Å². The highest BCUT2D eigenvalue weighted by atomic mass is 19.1. The number of hydrogen-bond donors (Lipinski definition) is 3. The Bertz CT molecular complexity index is 320. The Hall–Kier alpha value is -1.33. The van der Waals surface area contributed by atoms with Crippen LogP contribution in [-0.4, -0.2) is 36.6 Å². The van der Waals surface area contributed by atoms with E-state index in [2.05, 4.69) is 5.32 Å². The lowest BCUT2D eigenvalue weighted by Gasteiger charge is -2.13. The van der Waals surface area contributed by atoms with E-state index in [1.807, 2.05) is 0 Å². The molecule has 15 heavy (non-hydrogen) atoms. The molecule has 1 atom stereocenters. The van der Waals surface area contributed by atoms with Gasteiger partial charge in [-0.3, -0.25) is 0 Å². The van der Waals surface area contributed by atoms with E-state index >= 15 is 0 Å². The number of hydrogen-bond acceptors (Lipinski definition) is 4. The maximum atomic E-state index is 12.9. The van der Waals surface area contributed by atoms with Gasteiger partial charge in [-0.25, -0.2) is 4.39 Å². The highest BCUT2D eigenvalue weighted by Crippen LogP contribution is 2.24. The molecule has 0 fully saturated rings. The van der Waals surface area contributed by atoms with Crippen molar-refractivity contribution in [1.29, 1.82) is 0 Å². The second-order valence-electron chi connectivity index (χ2n) is 3.06. The fourth-order valence-corrected chi connectivity index (χ4v) is 1.11. The molecule has 0 heterocycles. The molecule has 0 aliphatic rings. The molecule has 1 aromatic rings. The molecule has 0 spiro atoms. The molecule has 0 bridgehead atoms. The quantitative estimate of drug-likeness (QED) is 0.673. The summed E-state index contributed by atoms with van der Waals surface area (Å²) in [6.45, 7) is -0.207. The molecule has 0 radical (unpaired) electrons. The summed E-state index contributed by atoms with van der Waals surface area (Å²) in [5, 5.41) is 20.5. The van der Waals surface area contributed by atoms with E-state index in [4.69, 9.17) is 14.9 Å². The first-order chi connectivity index (χ1) is 7.17. The third kappa shape index (κ3) is 3.38. The van der Waals surface area contributed by atoms with Gasteiger partial charge in [-0.15, -0.1) is 0 Å². The zero-order valence-corrected chi connectivity index (χ0v) is 8.40. The molecular weight excluding hydrogens is 201 g/mol. The van der Waals surface area contributed by atoms with Crippen molar-refractivity contribution < 1.29 is 19.3 Å². The van der Waals surface area contributed by atoms with E-state index in [9.17, 15) is 4.39 Å². The predicted molar refractivity (Wildman–Crippen MR) is 54.5 cm³/mol. The summed E-state index contributed by atoms with van der Waals surface area (Å²) < 4.78 is 17.9. The average molecular weight is 215 g/mol. The van der Waals surface area contributed by atoms with Crippen LogP contribution < -0.4 is 10.1 Å². The Balaban J connectivity index is 2.69. The standard InChI is InChI=1S/C10H14FNO3/c1-15-10-3-2-7(11)4-9(10)12-5-8(14)6-13/h2-4,8,12-14H,5-6H2,1H3. The van der Waals surface area contributed by atoms with Crippen LogP contribution in [0.15, 0.2) is 18.2 Å². The second kappa shape index (κ2) is 5.53. The molecule has 1 unspecified atom stereocenters. The molecule has 0 aliphatic carbocycles. The van der Waals surface area contributed by atoms with Crippen molar-refractivity contribution >= 4 is 5.69 Å². The van der Waals surface area contributed by atoms with Gasteiger partial charge in [0, 0.05) is 12.6 Å². The third-order valence-electron chi connectivity index (χ3n) is 1.90. The van der Waals surface area contributed by atoms with Crippen molar-refractivity contribution in [3.63, 3.8) is 0 Å². The Kier molecular flexibility index (Phi) is 4.33. The van der Waals surface area contributed by atoms with E-state index in [1.165, 1.54) is 25.3 Å². The summed E-state index contributed by atoms with van der Waals surface area (Å²) in [6, 6.07) is 4.04. The van der Waals surface area contributed by atoms with Gasteiger partial charge in [-0.05, 0) is 12.1 Å². The molecule has 0 saturated heterocycles.